The minimum absolute atomic E-state index is 1.08. The monoisotopic (exact) mass is 352 g/mol. The van der Waals surface area contributed by atoms with Crippen LogP contribution in [0.25, 0.3) is 0 Å². The van der Waals surface area contributed by atoms with Crippen LogP contribution in [0.15, 0.2) is 38.0 Å². The SMILES string of the molecule is C=CC.C=CC.C=CCC.CC.CC.CC.CC.CC.CSC. The number of allylic oxidation sites excluding steroid dienone is 3. The van der Waals surface area contributed by atoms with E-state index in [1.54, 1.807) is 23.9 Å². The molecule has 0 saturated heterocycles. The van der Waals surface area contributed by atoms with Crippen LogP contribution in [-0.4, -0.2) is 12.5 Å². The van der Waals surface area contributed by atoms with E-state index in [0.717, 1.165) is 6.42 Å². The topological polar surface area (TPSA) is 0 Å². The van der Waals surface area contributed by atoms with Crippen LogP contribution in [0, 0.1) is 0 Å². The summed E-state index contributed by atoms with van der Waals surface area (Å²) in [6, 6.07) is 0. The molecule has 0 aromatic heterocycles. The molecule has 0 rings (SSSR count). The fraction of sp³-hybridized carbons (Fsp3) is 0.727. The van der Waals surface area contributed by atoms with Gasteiger partial charge in [-0.05, 0) is 32.8 Å². The van der Waals surface area contributed by atoms with Gasteiger partial charge in [-0.3, -0.25) is 0 Å². The maximum absolute atomic E-state index is 3.48. The normalized spacial score (nSPS) is 4.30. The molecule has 0 unspecified atom stereocenters. The van der Waals surface area contributed by atoms with Crippen LogP contribution in [-0.2, 0) is 0 Å². The quantitative estimate of drug-likeness (QED) is 0.423. The molecule has 0 heterocycles. The van der Waals surface area contributed by atoms with Crippen LogP contribution < -0.4 is 0 Å². The summed E-state index contributed by atoms with van der Waals surface area (Å²) in [7, 11) is 0. The van der Waals surface area contributed by atoms with E-state index in [-0.39, 0.29) is 0 Å². The maximum Gasteiger partial charge on any atom is -0.0187 e. The van der Waals surface area contributed by atoms with E-state index in [1.807, 2.05) is 102 Å². The molecule has 0 spiro atoms. The molecular weight excluding hydrogens is 296 g/mol. The molecular formula is C22H56S. The van der Waals surface area contributed by atoms with Gasteiger partial charge in [-0.15, -0.1) is 19.7 Å². The Hall–Kier alpha value is -0.430. The minimum atomic E-state index is 1.08. The van der Waals surface area contributed by atoms with Crippen molar-refractivity contribution in [3.63, 3.8) is 0 Å². The number of rotatable bonds is 1. The van der Waals surface area contributed by atoms with Gasteiger partial charge in [0.2, 0.25) is 0 Å². The van der Waals surface area contributed by atoms with Crippen molar-refractivity contribution in [3.8, 4) is 0 Å². The Morgan fingerprint density at radius 3 is 0.652 bits per heavy atom. The molecule has 23 heavy (non-hydrogen) atoms. The van der Waals surface area contributed by atoms with Crippen molar-refractivity contribution in [3.05, 3.63) is 38.0 Å². The summed E-state index contributed by atoms with van der Waals surface area (Å²) >= 11 is 1.75. The van der Waals surface area contributed by atoms with Crippen molar-refractivity contribution in [2.45, 2.75) is 96.4 Å². The predicted molar refractivity (Wildman–Crippen MR) is 128 cm³/mol. The highest BCUT2D eigenvalue weighted by Gasteiger charge is 1.45. The lowest BCUT2D eigenvalue weighted by Crippen LogP contribution is -1.36. The molecule has 0 aliphatic carbocycles. The van der Waals surface area contributed by atoms with E-state index in [0.29, 0.717) is 0 Å². The average molecular weight is 353 g/mol. The molecule has 0 fully saturated rings. The molecule has 0 radical (unpaired) electrons. The highest BCUT2D eigenvalue weighted by molar-refractivity contribution is 7.97. The number of hydrogen-bond donors (Lipinski definition) is 0. The third kappa shape index (κ3) is 25400. The lowest BCUT2D eigenvalue weighted by Gasteiger charge is -1.57. The van der Waals surface area contributed by atoms with Crippen LogP contribution in [0.2, 0.25) is 0 Å². The zero-order chi connectivity index (χ0) is 21.5. The van der Waals surface area contributed by atoms with Crippen molar-refractivity contribution in [2.24, 2.45) is 0 Å². The summed E-state index contributed by atoms with van der Waals surface area (Å²) < 4.78 is 0. The lowest BCUT2D eigenvalue weighted by molar-refractivity contribution is 1.23. The van der Waals surface area contributed by atoms with Crippen molar-refractivity contribution < 1.29 is 0 Å². The van der Waals surface area contributed by atoms with Crippen molar-refractivity contribution >= 4 is 11.8 Å². The van der Waals surface area contributed by atoms with Crippen molar-refractivity contribution in [1.82, 2.24) is 0 Å². The van der Waals surface area contributed by atoms with E-state index in [4.69, 9.17) is 0 Å². The Morgan fingerprint density at radius 2 is 0.652 bits per heavy atom. The molecule has 0 saturated carbocycles. The zero-order valence-electron chi connectivity index (χ0n) is 20.0. The third-order valence-corrected chi connectivity index (χ3v) is 0.289. The van der Waals surface area contributed by atoms with E-state index in [9.17, 15) is 0 Å². The maximum atomic E-state index is 3.48. The summed E-state index contributed by atoms with van der Waals surface area (Å²) in [5.41, 5.74) is 0. The molecule has 0 aromatic carbocycles. The van der Waals surface area contributed by atoms with Gasteiger partial charge in [-0.1, -0.05) is 94.4 Å². The molecule has 1 heteroatoms. The van der Waals surface area contributed by atoms with Gasteiger partial charge in [0, 0.05) is 0 Å². The number of thioether (sulfide) groups is 1. The molecule has 0 aliphatic rings. The predicted octanol–water partition coefficient (Wildman–Crippen LogP) is 10.1. The highest BCUT2D eigenvalue weighted by atomic mass is 32.2. The first-order valence-corrected chi connectivity index (χ1v) is 10.9. The van der Waals surface area contributed by atoms with E-state index in [1.165, 1.54) is 0 Å². The molecule has 0 nitrogen and oxygen atoms in total. The Balaban J connectivity index is -0.0000000139. The second kappa shape index (κ2) is 437. The van der Waals surface area contributed by atoms with Crippen LogP contribution in [0.3, 0.4) is 0 Å². The third-order valence-electron chi connectivity index (χ3n) is 0.289. The Kier molecular flexibility index (Phi) is 1080. The Bertz CT molecular complexity index is 70.0. The Morgan fingerprint density at radius 1 is 0.609 bits per heavy atom. The van der Waals surface area contributed by atoms with Crippen LogP contribution in [0.4, 0.5) is 0 Å². The van der Waals surface area contributed by atoms with Gasteiger partial charge in [0.15, 0.2) is 0 Å². The Labute approximate surface area is 159 Å². The van der Waals surface area contributed by atoms with Crippen LogP contribution in [0.1, 0.15) is 96.4 Å². The van der Waals surface area contributed by atoms with Crippen LogP contribution >= 0.6 is 11.8 Å². The summed E-state index contributed by atoms with van der Waals surface area (Å²) in [6.07, 6.45) is 10.5. The largest absolute Gasteiger partial charge is 0.169 e. The lowest BCUT2D eigenvalue weighted by atomic mass is 10.5. The molecule has 150 valence electrons. The average Bonchev–Trinajstić information content (AvgIpc) is 2.65. The first kappa shape index (κ1) is 57.0. The standard InChI is InChI=1S/C4H8.2C3H6.C2H6S.5C2H6/c1-3-4-2;3*1-3-2;5*1-2/h3H,1,4H2,2H3;2*3H,1H2,2H3;1-2H3;5*1-2H3. The number of hydrogen-bond acceptors (Lipinski definition) is 1. The van der Waals surface area contributed by atoms with Gasteiger partial charge in [0.1, 0.15) is 0 Å². The van der Waals surface area contributed by atoms with Crippen molar-refractivity contribution in [2.75, 3.05) is 12.5 Å². The first-order valence-electron chi connectivity index (χ1n) is 9.31. The molecule has 0 atom stereocenters. The molecule has 0 amide bonds. The van der Waals surface area contributed by atoms with Gasteiger partial charge in [-0.25, -0.2) is 0 Å². The highest BCUT2D eigenvalue weighted by Crippen LogP contribution is 1.70. The van der Waals surface area contributed by atoms with Gasteiger partial charge in [0.05, 0.1) is 0 Å². The second-order valence-electron chi connectivity index (χ2n) is 1.92. The van der Waals surface area contributed by atoms with Crippen molar-refractivity contribution in [1.29, 1.82) is 0 Å². The molecule has 0 aromatic rings. The van der Waals surface area contributed by atoms with Gasteiger partial charge in [0.25, 0.3) is 0 Å². The van der Waals surface area contributed by atoms with Gasteiger partial charge in [-0.2, -0.15) is 11.8 Å². The summed E-state index contributed by atoms with van der Waals surface area (Å²) in [6.45, 7) is 36.0. The second-order valence-corrected chi connectivity index (χ2v) is 2.74. The van der Waals surface area contributed by atoms with Gasteiger partial charge >= 0.3 is 0 Å². The van der Waals surface area contributed by atoms with E-state index in [2.05, 4.69) is 26.7 Å². The first-order chi connectivity index (χ1) is 11.2. The smallest absolute Gasteiger partial charge is 0.0187 e. The van der Waals surface area contributed by atoms with E-state index < -0.39 is 0 Å². The minimum Gasteiger partial charge on any atom is -0.169 e. The zero-order valence-corrected chi connectivity index (χ0v) is 20.8. The molecule has 0 aliphatic heterocycles. The molecule has 0 N–H and O–H groups in total. The molecule has 0 bridgehead atoms. The fourth-order valence-corrected chi connectivity index (χ4v) is 0. The van der Waals surface area contributed by atoms with E-state index >= 15 is 0 Å². The fourth-order valence-electron chi connectivity index (χ4n) is 0. The summed E-state index contributed by atoms with van der Waals surface area (Å²) in [5.74, 6) is 0. The summed E-state index contributed by atoms with van der Waals surface area (Å²) in [5, 5.41) is 0. The van der Waals surface area contributed by atoms with Gasteiger partial charge < -0.3 is 0 Å². The summed E-state index contributed by atoms with van der Waals surface area (Å²) in [4.78, 5) is 0. The van der Waals surface area contributed by atoms with Crippen LogP contribution in [0.5, 0.6) is 0 Å².